The van der Waals surface area contributed by atoms with Crippen molar-refractivity contribution in [1.29, 1.82) is 0 Å². The van der Waals surface area contributed by atoms with Gasteiger partial charge in [0, 0.05) is 0 Å². The van der Waals surface area contributed by atoms with Gasteiger partial charge in [-0.15, -0.1) is 0 Å². The minimum absolute atomic E-state index is 0.433. The van der Waals surface area contributed by atoms with Crippen molar-refractivity contribution >= 4 is 0 Å². The van der Waals surface area contributed by atoms with Crippen molar-refractivity contribution < 1.29 is 5.11 Å². The Balaban J connectivity index is 2.29. The summed E-state index contributed by atoms with van der Waals surface area (Å²) < 4.78 is 0. The summed E-state index contributed by atoms with van der Waals surface area (Å²) in [5, 5.41) is 11.1. The molecule has 18 heavy (non-hydrogen) atoms. The summed E-state index contributed by atoms with van der Waals surface area (Å²) in [5.41, 5.74) is 1.94. The monoisotopic (exact) mass is 246 g/mol. The van der Waals surface area contributed by atoms with E-state index in [0.717, 1.165) is 31.2 Å². The molecule has 2 rings (SSSR count). The lowest BCUT2D eigenvalue weighted by Gasteiger charge is -2.40. The Bertz CT molecular complexity index is 385. The van der Waals surface area contributed by atoms with Gasteiger partial charge in [-0.2, -0.15) is 0 Å². The fraction of sp³-hybridized carbons (Fsp3) is 0.647. The summed E-state index contributed by atoms with van der Waals surface area (Å²) in [7, 11) is 0. The number of aliphatic hydroxyl groups is 1. The highest BCUT2D eigenvalue weighted by Crippen LogP contribution is 2.43. The molecule has 1 aliphatic rings. The van der Waals surface area contributed by atoms with Gasteiger partial charge >= 0.3 is 0 Å². The molecule has 0 aromatic heterocycles. The fourth-order valence-electron chi connectivity index (χ4n) is 3.43. The predicted molar refractivity (Wildman–Crippen MR) is 76.6 cm³/mol. The van der Waals surface area contributed by atoms with Crippen LogP contribution < -0.4 is 0 Å². The van der Waals surface area contributed by atoms with Gasteiger partial charge in [-0.25, -0.2) is 0 Å². The average molecular weight is 246 g/mol. The molecule has 2 atom stereocenters. The molecule has 100 valence electrons. The molecule has 0 aliphatic heterocycles. The number of hydrogen-bond donors (Lipinski definition) is 1. The van der Waals surface area contributed by atoms with Gasteiger partial charge < -0.3 is 5.11 Å². The summed E-state index contributed by atoms with van der Waals surface area (Å²) in [5.74, 6) is 0.433. The first kappa shape index (κ1) is 13.6. The second kappa shape index (κ2) is 5.88. The smallest absolute Gasteiger partial charge is 0.0924 e. The van der Waals surface area contributed by atoms with Crippen LogP contribution in [0.15, 0.2) is 24.3 Å². The van der Waals surface area contributed by atoms with Crippen LogP contribution in [0.3, 0.4) is 0 Å². The van der Waals surface area contributed by atoms with Gasteiger partial charge in [0.1, 0.15) is 0 Å². The molecule has 2 unspecified atom stereocenters. The minimum atomic E-state index is -0.573. The van der Waals surface area contributed by atoms with Crippen LogP contribution in [0.5, 0.6) is 0 Å². The van der Waals surface area contributed by atoms with Crippen molar-refractivity contribution in [2.24, 2.45) is 5.92 Å². The Kier molecular flexibility index (Phi) is 4.45. The second-order valence-electron chi connectivity index (χ2n) is 5.73. The quantitative estimate of drug-likeness (QED) is 0.833. The van der Waals surface area contributed by atoms with E-state index in [1.54, 1.807) is 0 Å². The number of aryl methyl sites for hydroxylation is 1. The van der Waals surface area contributed by atoms with Gasteiger partial charge in [0.05, 0.1) is 5.60 Å². The first-order chi connectivity index (χ1) is 8.70. The zero-order chi connectivity index (χ0) is 13.0. The van der Waals surface area contributed by atoms with Crippen LogP contribution in [0.1, 0.15) is 63.5 Å². The molecule has 0 amide bonds. The van der Waals surface area contributed by atoms with Gasteiger partial charge in [-0.3, -0.25) is 0 Å². The summed E-state index contributed by atoms with van der Waals surface area (Å²) >= 11 is 0. The third kappa shape index (κ3) is 2.61. The molecule has 1 nitrogen and oxygen atoms in total. The third-order valence-corrected chi connectivity index (χ3v) is 4.49. The predicted octanol–water partition coefficient (Wildman–Crippen LogP) is 4.43. The largest absolute Gasteiger partial charge is 0.385 e. The Morgan fingerprint density at radius 2 is 2.11 bits per heavy atom. The van der Waals surface area contributed by atoms with Crippen LogP contribution in [-0.4, -0.2) is 5.11 Å². The molecule has 1 aromatic carbocycles. The molecular formula is C17H26O. The zero-order valence-corrected chi connectivity index (χ0v) is 11.8. The van der Waals surface area contributed by atoms with E-state index in [-0.39, 0.29) is 0 Å². The summed E-state index contributed by atoms with van der Waals surface area (Å²) in [6.45, 7) is 4.41. The zero-order valence-electron chi connectivity index (χ0n) is 11.8. The maximum absolute atomic E-state index is 11.1. The second-order valence-corrected chi connectivity index (χ2v) is 5.73. The molecule has 0 radical (unpaired) electrons. The molecule has 1 N–H and O–H groups in total. The molecule has 1 fully saturated rings. The van der Waals surface area contributed by atoms with Crippen LogP contribution in [0.25, 0.3) is 0 Å². The Morgan fingerprint density at radius 3 is 2.83 bits per heavy atom. The van der Waals surface area contributed by atoms with Crippen molar-refractivity contribution in [2.75, 3.05) is 0 Å². The van der Waals surface area contributed by atoms with Crippen molar-refractivity contribution in [1.82, 2.24) is 0 Å². The van der Waals surface area contributed by atoms with Gasteiger partial charge in [0.15, 0.2) is 0 Å². The molecule has 1 aromatic rings. The van der Waals surface area contributed by atoms with Crippen molar-refractivity contribution in [2.45, 2.75) is 64.4 Å². The van der Waals surface area contributed by atoms with Crippen LogP contribution in [-0.2, 0) is 12.0 Å². The molecule has 0 spiro atoms. The van der Waals surface area contributed by atoms with E-state index < -0.39 is 5.60 Å². The van der Waals surface area contributed by atoms with Crippen LogP contribution in [0.4, 0.5) is 0 Å². The highest BCUT2D eigenvalue weighted by atomic mass is 16.3. The maximum atomic E-state index is 11.1. The van der Waals surface area contributed by atoms with Crippen LogP contribution >= 0.6 is 0 Å². The highest BCUT2D eigenvalue weighted by Gasteiger charge is 2.39. The number of benzene rings is 1. The van der Waals surface area contributed by atoms with Crippen molar-refractivity contribution in [3.05, 3.63) is 35.4 Å². The Morgan fingerprint density at radius 1 is 1.28 bits per heavy atom. The number of hydrogen-bond acceptors (Lipinski definition) is 1. The average Bonchev–Trinajstić information content (AvgIpc) is 2.40. The molecule has 1 heteroatoms. The van der Waals surface area contributed by atoms with E-state index in [0.29, 0.717) is 5.92 Å². The van der Waals surface area contributed by atoms with Crippen molar-refractivity contribution in [3.63, 3.8) is 0 Å². The first-order valence-corrected chi connectivity index (χ1v) is 7.52. The molecule has 0 saturated heterocycles. The summed E-state index contributed by atoms with van der Waals surface area (Å²) in [6, 6.07) is 8.64. The minimum Gasteiger partial charge on any atom is -0.385 e. The molecule has 0 heterocycles. The maximum Gasteiger partial charge on any atom is 0.0924 e. The fourth-order valence-corrected chi connectivity index (χ4v) is 3.43. The summed E-state index contributed by atoms with van der Waals surface area (Å²) in [4.78, 5) is 0. The third-order valence-electron chi connectivity index (χ3n) is 4.49. The number of rotatable bonds is 4. The van der Waals surface area contributed by atoms with Crippen LogP contribution in [0, 0.1) is 5.92 Å². The normalized spacial score (nSPS) is 28.3. The van der Waals surface area contributed by atoms with E-state index in [1.165, 1.54) is 24.8 Å². The van der Waals surface area contributed by atoms with E-state index >= 15 is 0 Å². The summed E-state index contributed by atoms with van der Waals surface area (Å²) in [6.07, 6.45) is 7.89. The van der Waals surface area contributed by atoms with E-state index in [4.69, 9.17) is 0 Å². The van der Waals surface area contributed by atoms with E-state index in [2.05, 4.69) is 38.1 Å². The Labute approximate surface area is 111 Å². The van der Waals surface area contributed by atoms with E-state index in [9.17, 15) is 5.11 Å². The van der Waals surface area contributed by atoms with E-state index in [1.807, 2.05) is 0 Å². The first-order valence-electron chi connectivity index (χ1n) is 7.52. The lowest BCUT2D eigenvalue weighted by Crippen LogP contribution is -2.37. The van der Waals surface area contributed by atoms with Crippen molar-refractivity contribution in [3.8, 4) is 0 Å². The molecule has 1 saturated carbocycles. The highest BCUT2D eigenvalue weighted by molar-refractivity contribution is 5.29. The topological polar surface area (TPSA) is 20.2 Å². The lowest BCUT2D eigenvalue weighted by atomic mass is 9.70. The SMILES string of the molecule is CCCc1cccc(C2(O)CCCCC2CC)c1. The lowest BCUT2D eigenvalue weighted by molar-refractivity contribution is -0.0558. The van der Waals surface area contributed by atoms with Crippen LogP contribution in [0.2, 0.25) is 0 Å². The molecular weight excluding hydrogens is 220 g/mol. The van der Waals surface area contributed by atoms with Gasteiger partial charge in [-0.1, -0.05) is 63.8 Å². The molecule has 0 bridgehead atoms. The Hall–Kier alpha value is -0.820. The van der Waals surface area contributed by atoms with Gasteiger partial charge in [-0.05, 0) is 36.3 Å². The van der Waals surface area contributed by atoms with Gasteiger partial charge in [0.25, 0.3) is 0 Å². The standard InChI is InChI=1S/C17H26O/c1-3-8-14-9-7-11-16(13-14)17(18)12-6-5-10-15(17)4-2/h7,9,11,13,15,18H,3-6,8,10,12H2,1-2H3. The molecule has 1 aliphatic carbocycles. The van der Waals surface area contributed by atoms with Gasteiger partial charge in [0.2, 0.25) is 0 Å².